The van der Waals surface area contributed by atoms with E-state index in [1.165, 1.54) is 0 Å². The van der Waals surface area contributed by atoms with Crippen molar-refractivity contribution in [3.63, 3.8) is 0 Å². The van der Waals surface area contributed by atoms with Gasteiger partial charge in [0.05, 0.1) is 11.1 Å². The van der Waals surface area contributed by atoms with E-state index in [2.05, 4.69) is 50.1 Å². The first-order valence-electron chi connectivity index (χ1n) is 3.97. The van der Waals surface area contributed by atoms with Crippen molar-refractivity contribution < 1.29 is 4.79 Å². The lowest BCUT2D eigenvalue weighted by atomic mass is 10.0. The van der Waals surface area contributed by atoms with Gasteiger partial charge >= 0.3 is 0 Å². The lowest BCUT2D eigenvalue weighted by Crippen LogP contribution is -2.02. The molecule has 0 N–H and O–H groups in total. The molecule has 0 radical (unpaired) electrons. The van der Waals surface area contributed by atoms with Crippen LogP contribution in [0.5, 0.6) is 0 Å². The van der Waals surface area contributed by atoms with Crippen molar-refractivity contribution in [3.05, 3.63) is 0 Å². The largest absolute Gasteiger partial charge is 0.272 e. The van der Waals surface area contributed by atoms with Gasteiger partial charge in [0, 0.05) is 0 Å². The molecule has 0 heterocycles. The molecule has 0 unspecified atom stereocenters. The lowest BCUT2D eigenvalue weighted by molar-refractivity contribution is -0.120. The van der Waals surface area contributed by atoms with Crippen LogP contribution in [0.25, 0.3) is 0 Å². The second-order valence-corrected chi connectivity index (χ2v) is 4.60. The van der Waals surface area contributed by atoms with Crippen molar-refractivity contribution in [2.75, 3.05) is 0 Å². The van der Waals surface area contributed by atoms with E-state index >= 15 is 0 Å². The number of isothiocyanates is 1. The van der Waals surface area contributed by atoms with Gasteiger partial charge < -0.3 is 0 Å². The van der Waals surface area contributed by atoms with Crippen LogP contribution >= 0.6 is 12.2 Å². The van der Waals surface area contributed by atoms with E-state index in [4.69, 9.17) is 0 Å². The van der Waals surface area contributed by atoms with Gasteiger partial charge in [-0.1, -0.05) is 27.7 Å². The molecular weight excluding hydrogens is 170 g/mol. The molecule has 0 aromatic heterocycles. The van der Waals surface area contributed by atoms with Gasteiger partial charge in [0.15, 0.2) is 0 Å². The van der Waals surface area contributed by atoms with Crippen LogP contribution in [0.3, 0.4) is 0 Å². The number of nitrogens with zero attached hydrogens (tertiary/aromatic N) is 1. The molecule has 0 spiro atoms. The van der Waals surface area contributed by atoms with Gasteiger partial charge in [-0.05, 0) is 23.0 Å². The second-order valence-electron chi connectivity index (χ2n) is 4.42. The smallest absolute Gasteiger partial charge is 0.258 e. The number of hydrogen-bond donors (Lipinski definition) is 0. The SMILES string of the molecule is CC1(C)C(C(=O)N=C=S)C1(C)C. The Kier molecular flexibility index (Phi) is 1.97. The molecule has 0 aromatic rings. The molecule has 2 nitrogen and oxygen atoms in total. The molecule has 1 saturated carbocycles. The van der Waals surface area contributed by atoms with E-state index in [0.717, 1.165) is 0 Å². The molecule has 1 amide bonds. The summed E-state index contributed by atoms with van der Waals surface area (Å²) in [5, 5.41) is 2.12. The van der Waals surface area contributed by atoms with Crippen molar-refractivity contribution in [2.45, 2.75) is 27.7 Å². The molecule has 12 heavy (non-hydrogen) atoms. The fraction of sp³-hybridized carbons (Fsp3) is 0.778. The molecule has 1 fully saturated rings. The molecule has 0 saturated heterocycles. The highest BCUT2D eigenvalue weighted by molar-refractivity contribution is 7.78. The number of carbonyl (C=O) groups is 1. The van der Waals surface area contributed by atoms with Gasteiger partial charge in [-0.25, -0.2) is 0 Å². The van der Waals surface area contributed by atoms with E-state index < -0.39 is 0 Å². The highest BCUT2D eigenvalue weighted by atomic mass is 32.1. The maximum Gasteiger partial charge on any atom is 0.258 e. The zero-order valence-electron chi connectivity index (χ0n) is 7.84. The molecule has 1 rings (SSSR count). The summed E-state index contributed by atoms with van der Waals surface area (Å²) in [7, 11) is 0. The second kappa shape index (κ2) is 2.48. The number of carbonyl (C=O) groups excluding carboxylic acids is 1. The lowest BCUT2D eigenvalue weighted by Gasteiger charge is -2.03. The Morgan fingerprint density at radius 3 is 2.00 bits per heavy atom. The summed E-state index contributed by atoms with van der Waals surface area (Å²) in [4.78, 5) is 14.8. The van der Waals surface area contributed by atoms with Gasteiger partial charge in [-0.2, -0.15) is 4.99 Å². The highest BCUT2D eigenvalue weighted by Gasteiger charge is 2.68. The number of aliphatic imine (C=N–C) groups is 1. The summed E-state index contributed by atoms with van der Waals surface area (Å²) >= 11 is 4.39. The zero-order valence-corrected chi connectivity index (χ0v) is 8.66. The first kappa shape index (κ1) is 9.56. The van der Waals surface area contributed by atoms with Crippen molar-refractivity contribution in [2.24, 2.45) is 21.7 Å². The van der Waals surface area contributed by atoms with Crippen molar-refractivity contribution >= 4 is 23.3 Å². The average molecular weight is 183 g/mol. The fourth-order valence-corrected chi connectivity index (χ4v) is 2.01. The Morgan fingerprint density at radius 1 is 1.33 bits per heavy atom. The van der Waals surface area contributed by atoms with Crippen molar-refractivity contribution in [3.8, 4) is 0 Å². The summed E-state index contributed by atoms with van der Waals surface area (Å²) in [5.41, 5.74) is 0.111. The highest BCUT2D eigenvalue weighted by Crippen LogP contribution is 2.68. The van der Waals surface area contributed by atoms with Crippen LogP contribution in [0, 0.1) is 16.7 Å². The molecule has 1 aliphatic rings. The first-order valence-corrected chi connectivity index (χ1v) is 4.38. The summed E-state index contributed by atoms with van der Waals surface area (Å²) in [6.45, 7) is 8.31. The van der Waals surface area contributed by atoms with E-state index in [9.17, 15) is 4.79 Å². The fourth-order valence-electron chi connectivity index (χ4n) is 1.92. The van der Waals surface area contributed by atoms with Gasteiger partial charge in [0.25, 0.3) is 5.91 Å². The summed E-state index contributed by atoms with van der Waals surface area (Å²) < 4.78 is 0. The van der Waals surface area contributed by atoms with Crippen LogP contribution in [0.4, 0.5) is 0 Å². The van der Waals surface area contributed by atoms with Gasteiger partial charge in [0.1, 0.15) is 0 Å². The van der Waals surface area contributed by atoms with Crippen LogP contribution in [0.15, 0.2) is 4.99 Å². The molecule has 0 aromatic carbocycles. The quantitative estimate of drug-likeness (QED) is 0.461. The maximum atomic E-state index is 11.3. The van der Waals surface area contributed by atoms with E-state index in [0.29, 0.717) is 0 Å². The molecule has 3 heteroatoms. The number of amides is 1. The topological polar surface area (TPSA) is 29.4 Å². The average Bonchev–Trinajstić information content (AvgIpc) is 2.24. The monoisotopic (exact) mass is 183 g/mol. The van der Waals surface area contributed by atoms with Crippen LogP contribution in [0.1, 0.15) is 27.7 Å². The van der Waals surface area contributed by atoms with Crippen LogP contribution in [0.2, 0.25) is 0 Å². The third-order valence-electron chi connectivity index (χ3n) is 3.42. The first-order chi connectivity index (χ1) is 5.35. The Morgan fingerprint density at radius 2 is 1.75 bits per heavy atom. The van der Waals surface area contributed by atoms with Crippen molar-refractivity contribution in [1.82, 2.24) is 0 Å². The predicted octanol–water partition coefficient (Wildman–Crippen LogP) is 2.30. The minimum absolute atomic E-state index is 0.0143. The maximum absolute atomic E-state index is 11.3. The summed E-state index contributed by atoms with van der Waals surface area (Å²) in [6, 6.07) is 0. The Hall–Kier alpha value is -0.530. The number of hydrogen-bond acceptors (Lipinski definition) is 2. The molecule has 66 valence electrons. The van der Waals surface area contributed by atoms with Crippen LogP contribution in [-0.2, 0) is 4.79 Å². The van der Waals surface area contributed by atoms with Gasteiger partial charge in [0.2, 0.25) is 0 Å². The minimum atomic E-state index is -0.125. The van der Waals surface area contributed by atoms with E-state index in [1.54, 1.807) is 0 Å². The predicted molar refractivity (Wildman–Crippen MR) is 51.1 cm³/mol. The van der Waals surface area contributed by atoms with Crippen molar-refractivity contribution in [1.29, 1.82) is 0 Å². The third kappa shape index (κ3) is 1.05. The Balaban J connectivity index is 2.84. The van der Waals surface area contributed by atoms with Crippen LogP contribution < -0.4 is 0 Å². The minimum Gasteiger partial charge on any atom is -0.272 e. The Labute approximate surface area is 78.1 Å². The standard InChI is InChI=1S/C9H13NOS/c1-8(2)6(9(8,3)4)7(11)10-5-12/h6H,1-4H3. The van der Waals surface area contributed by atoms with E-state index in [-0.39, 0.29) is 22.7 Å². The molecule has 0 aliphatic heterocycles. The number of thiocarbonyl (C=S) groups is 1. The normalized spacial score (nSPS) is 24.3. The van der Waals surface area contributed by atoms with Gasteiger partial charge in [-0.3, -0.25) is 4.79 Å². The van der Waals surface area contributed by atoms with Gasteiger partial charge in [-0.15, -0.1) is 0 Å². The molecule has 1 aliphatic carbocycles. The Bertz CT molecular complexity index is 260. The molecule has 0 bridgehead atoms. The zero-order chi connectivity index (χ0) is 9.57. The third-order valence-corrected chi connectivity index (χ3v) is 3.51. The number of rotatable bonds is 1. The van der Waals surface area contributed by atoms with Crippen LogP contribution in [-0.4, -0.2) is 11.1 Å². The summed E-state index contributed by atoms with van der Waals surface area (Å²) in [5.74, 6) is -0.111. The summed E-state index contributed by atoms with van der Waals surface area (Å²) in [6.07, 6.45) is 0. The van der Waals surface area contributed by atoms with E-state index in [1.807, 2.05) is 0 Å². The molecular formula is C9H13NOS. The molecule has 0 atom stereocenters.